The van der Waals surface area contributed by atoms with E-state index in [1.807, 2.05) is 0 Å². The standard InChI is InChI=1S/C23H36N2O/c1-4-19-9-15-25(16-10-19)23(26)17-20-11-13-24(14-12-20)22-7-5-21(6-8-22)18(2)3/h5-8,18-20H,4,9-17H2,1-3H3. The lowest BCUT2D eigenvalue weighted by molar-refractivity contribution is -0.133. The first-order valence-corrected chi connectivity index (χ1v) is 10.7. The molecule has 3 heteroatoms. The highest BCUT2D eigenvalue weighted by Crippen LogP contribution is 2.28. The van der Waals surface area contributed by atoms with Crippen LogP contribution in [0.1, 0.15) is 70.8 Å². The minimum absolute atomic E-state index is 0.402. The molecule has 0 N–H and O–H groups in total. The summed E-state index contributed by atoms with van der Waals surface area (Å²) >= 11 is 0. The van der Waals surface area contributed by atoms with E-state index < -0.39 is 0 Å². The van der Waals surface area contributed by atoms with Gasteiger partial charge in [-0.2, -0.15) is 0 Å². The number of hydrogen-bond acceptors (Lipinski definition) is 2. The van der Waals surface area contributed by atoms with Gasteiger partial charge in [-0.15, -0.1) is 0 Å². The van der Waals surface area contributed by atoms with Gasteiger partial charge in [0.25, 0.3) is 0 Å². The molecule has 1 aromatic carbocycles. The second kappa shape index (κ2) is 8.92. The number of rotatable bonds is 5. The number of carbonyl (C=O) groups is 1. The Hall–Kier alpha value is -1.51. The van der Waals surface area contributed by atoms with E-state index in [0.29, 0.717) is 17.7 Å². The van der Waals surface area contributed by atoms with Crippen LogP contribution >= 0.6 is 0 Å². The summed E-state index contributed by atoms with van der Waals surface area (Å²) in [4.78, 5) is 17.2. The Kier molecular flexibility index (Phi) is 6.61. The lowest BCUT2D eigenvalue weighted by Crippen LogP contribution is -2.40. The zero-order valence-corrected chi connectivity index (χ0v) is 16.9. The van der Waals surface area contributed by atoms with E-state index in [4.69, 9.17) is 0 Å². The van der Waals surface area contributed by atoms with Crippen LogP contribution in [0.2, 0.25) is 0 Å². The first-order chi connectivity index (χ1) is 12.6. The van der Waals surface area contributed by atoms with Crippen LogP contribution in [-0.4, -0.2) is 37.0 Å². The van der Waals surface area contributed by atoms with Crippen LogP contribution in [0.3, 0.4) is 0 Å². The molecular formula is C23H36N2O. The third kappa shape index (κ3) is 4.81. The third-order valence-electron chi connectivity index (χ3n) is 6.55. The zero-order valence-electron chi connectivity index (χ0n) is 16.9. The summed E-state index contributed by atoms with van der Waals surface area (Å²) in [5.41, 5.74) is 2.74. The van der Waals surface area contributed by atoms with Gasteiger partial charge in [-0.3, -0.25) is 4.79 Å². The molecule has 0 aliphatic carbocycles. The maximum absolute atomic E-state index is 12.6. The van der Waals surface area contributed by atoms with E-state index >= 15 is 0 Å². The van der Waals surface area contributed by atoms with Crippen molar-refractivity contribution in [3.63, 3.8) is 0 Å². The second-order valence-electron chi connectivity index (χ2n) is 8.61. The van der Waals surface area contributed by atoms with Crippen molar-refractivity contribution in [3.05, 3.63) is 29.8 Å². The van der Waals surface area contributed by atoms with Crippen molar-refractivity contribution >= 4 is 11.6 Å². The van der Waals surface area contributed by atoms with Gasteiger partial charge in [0, 0.05) is 38.3 Å². The van der Waals surface area contributed by atoms with E-state index in [1.54, 1.807) is 0 Å². The maximum Gasteiger partial charge on any atom is 0.222 e. The van der Waals surface area contributed by atoms with Crippen LogP contribution in [0.4, 0.5) is 5.69 Å². The highest BCUT2D eigenvalue weighted by molar-refractivity contribution is 5.76. The van der Waals surface area contributed by atoms with Gasteiger partial charge in [0.1, 0.15) is 0 Å². The largest absolute Gasteiger partial charge is 0.372 e. The van der Waals surface area contributed by atoms with Crippen molar-refractivity contribution < 1.29 is 4.79 Å². The second-order valence-corrected chi connectivity index (χ2v) is 8.61. The summed E-state index contributed by atoms with van der Waals surface area (Å²) < 4.78 is 0. The fourth-order valence-electron chi connectivity index (χ4n) is 4.43. The minimum atomic E-state index is 0.402. The Morgan fingerprint density at radius 1 is 0.962 bits per heavy atom. The number of anilines is 1. The topological polar surface area (TPSA) is 23.6 Å². The summed E-state index contributed by atoms with van der Waals surface area (Å²) in [5, 5.41) is 0. The molecule has 144 valence electrons. The van der Waals surface area contributed by atoms with Crippen molar-refractivity contribution in [2.24, 2.45) is 11.8 Å². The molecule has 0 bridgehead atoms. The SMILES string of the molecule is CCC1CCN(C(=O)CC2CCN(c3ccc(C(C)C)cc3)CC2)CC1. The molecule has 0 aromatic heterocycles. The average molecular weight is 357 g/mol. The molecule has 0 radical (unpaired) electrons. The number of nitrogens with zero attached hydrogens (tertiary/aromatic N) is 2. The summed E-state index contributed by atoms with van der Waals surface area (Å²) in [5.74, 6) is 2.39. The molecule has 2 fully saturated rings. The van der Waals surface area contributed by atoms with Crippen LogP contribution in [0.15, 0.2) is 24.3 Å². The molecular weight excluding hydrogens is 320 g/mol. The van der Waals surface area contributed by atoms with Gasteiger partial charge in [0.15, 0.2) is 0 Å². The number of carbonyl (C=O) groups excluding carboxylic acids is 1. The zero-order chi connectivity index (χ0) is 18.5. The van der Waals surface area contributed by atoms with Gasteiger partial charge in [0.2, 0.25) is 5.91 Å². The first kappa shape index (κ1) is 19.3. The van der Waals surface area contributed by atoms with Crippen molar-refractivity contribution in [3.8, 4) is 0 Å². The van der Waals surface area contributed by atoms with Crippen LogP contribution in [0.5, 0.6) is 0 Å². The quantitative estimate of drug-likeness (QED) is 0.736. The summed E-state index contributed by atoms with van der Waals surface area (Å²) in [6.07, 6.45) is 6.71. The molecule has 26 heavy (non-hydrogen) atoms. The number of benzene rings is 1. The van der Waals surface area contributed by atoms with Gasteiger partial charge in [0.05, 0.1) is 0 Å². The molecule has 3 nitrogen and oxygen atoms in total. The number of hydrogen-bond donors (Lipinski definition) is 0. The highest BCUT2D eigenvalue weighted by Gasteiger charge is 2.26. The lowest BCUT2D eigenvalue weighted by atomic mass is 9.91. The normalized spacial score (nSPS) is 20.0. The number of piperidine rings is 2. The van der Waals surface area contributed by atoms with E-state index in [9.17, 15) is 4.79 Å². The summed E-state index contributed by atoms with van der Waals surface area (Å²) in [6, 6.07) is 9.04. The van der Waals surface area contributed by atoms with Crippen molar-refractivity contribution in [2.75, 3.05) is 31.1 Å². The van der Waals surface area contributed by atoms with Crippen molar-refractivity contribution in [2.45, 2.75) is 65.2 Å². The molecule has 2 heterocycles. The fraction of sp³-hybridized carbons (Fsp3) is 0.696. The predicted octanol–water partition coefficient (Wildman–Crippen LogP) is 5.07. The lowest BCUT2D eigenvalue weighted by Gasteiger charge is -2.36. The highest BCUT2D eigenvalue weighted by atomic mass is 16.2. The molecule has 2 aliphatic heterocycles. The van der Waals surface area contributed by atoms with Gasteiger partial charge in [-0.25, -0.2) is 0 Å². The Labute approximate surface area is 159 Å². The molecule has 2 aliphatic rings. The Morgan fingerprint density at radius 3 is 2.08 bits per heavy atom. The van der Waals surface area contributed by atoms with Gasteiger partial charge < -0.3 is 9.80 Å². The number of likely N-dealkylation sites (tertiary alicyclic amines) is 1. The Bertz CT molecular complexity index is 564. The van der Waals surface area contributed by atoms with Crippen LogP contribution in [0, 0.1) is 11.8 Å². The Balaban J connectivity index is 1.44. The van der Waals surface area contributed by atoms with Crippen LogP contribution in [-0.2, 0) is 4.79 Å². The molecule has 3 rings (SSSR count). The number of amides is 1. The molecule has 0 spiro atoms. The van der Waals surface area contributed by atoms with Crippen molar-refractivity contribution in [1.82, 2.24) is 4.90 Å². The van der Waals surface area contributed by atoms with Crippen LogP contribution < -0.4 is 4.90 Å². The van der Waals surface area contributed by atoms with Gasteiger partial charge in [-0.05, 0) is 61.1 Å². The maximum atomic E-state index is 12.6. The van der Waals surface area contributed by atoms with E-state index in [2.05, 4.69) is 54.8 Å². The molecule has 2 saturated heterocycles. The molecule has 1 amide bonds. The van der Waals surface area contributed by atoms with Gasteiger partial charge >= 0.3 is 0 Å². The van der Waals surface area contributed by atoms with Crippen molar-refractivity contribution in [1.29, 1.82) is 0 Å². The molecule has 0 saturated carbocycles. The minimum Gasteiger partial charge on any atom is -0.372 e. The monoisotopic (exact) mass is 356 g/mol. The first-order valence-electron chi connectivity index (χ1n) is 10.7. The molecule has 0 unspecified atom stereocenters. The Morgan fingerprint density at radius 2 is 1.54 bits per heavy atom. The van der Waals surface area contributed by atoms with E-state index in [1.165, 1.54) is 30.5 Å². The predicted molar refractivity (Wildman–Crippen MR) is 110 cm³/mol. The average Bonchev–Trinajstić information content (AvgIpc) is 2.68. The fourth-order valence-corrected chi connectivity index (χ4v) is 4.43. The van der Waals surface area contributed by atoms with Crippen LogP contribution in [0.25, 0.3) is 0 Å². The molecule has 0 atom stereocenters. The summed E-state index contributed by atoms with van der Waals surface area (Å²) in [7, 11) is 0. The molecule has 1 aromatic rings. The third-order valence-corrected chi connectivity index (χ3v) is 6.55. The smallest absolute Gasteiger partial charge is 0.222 e. The van der Waals surface area contributed by atoms with E-state index in [0.717, 1.165) is 51.4 Å². The summed E-state index contributed by atoms with van der Waals surface area (Å²) in [6.45, 7) is 10.9. The van der Waals surface area contributed by atoms with E-state index in [-0.39, 0.29) is 0 Å². The van der Waals surface area contributed by atoms with Gasteiger partial charge in [-0.1, -0.05) is 39.3 Å².